The zero-order valence-corrected chi connectivity index (χ0v) is 15.3. The zero-order valence-electron chi connectivity index (χ0n) is 15.3. The highest BCUT2D eigenvalue weighted by Gasteiger charge is 2.18. The molecule has 1 aliphatic rings. The van der Waals surface area contributed by atoms with E-state index in [-0.39, 0.29) is 11.5 Å². The largest absolute Gasteiger partial charge is 0.361 e. The number of rotatable bonds is 6. The average molecular weight is 364 g/mol. The summed E-state index contributed by atoms with van der Waals surface area (Å²) in [4.78, 5) is 32.1. The van der Waals surface area contributed by atoms with Gasteiger partial charge < -0.3 is 10.3 Å². The molecule has 27 heavy (non-hydrogen) atoms. The Balaban J connectivity index is 1.31. The number of aromatic nitrogens is 3. The van der Waals surface area contributed by atoms with Gasteiger partial charge in [-0.2, -0.15) is 0 Å². The quantitative estimate of drug-likeness (QED) is 0.706. The summed E-state index contributed by atoms with van der Waals surface area (Å²) in [6.07, 6.45) is 8.50. The summed E-state index contributed by atoms with van der Waals surface area (Å²) < 4.78 is 1.56. The van der Waals surface area contributed by atoms with Crippen LogP contribution in [0.25, 0.3) is 10.9 Å². The number of H-pyrrole nitrogens is 1. The van der Waals surface area contributed by atoms with E-state index in [2.05, 4.69) is 15.3 Å². The Hall–Kier alpha value is -2.89. The van der Waals surface area contributed by atoms with Crippen molar-refractivity contribution in [2.75, 3.05) is 6.54 Å². The van der Waals surface area contributed by atoms with Crippen molar-refractivity contribution in [1.29, 1.82) is 0 Å². The third-order valence-corrected chi connectivity index (χ3v) is 5.37. The van der Waals surface area contributed by atoms with Crippen molar-refractivity contribution in [3.63, 3.8) is 0 Å². The van der Waals surface area contributed by atoms with Gasteiger partial charge in [0, 0.05) is 42.2 Å². The molecule has 2 N–H and O–H groups in total. The SMILES string of the molecule is O=C(Cc1c[nH]c2ccccc12)NCCn1cnc(C2CCCC2)cc1=O. The van der Waals surface area contributed by atoms with Gasteiger partial charge in [0.2, 0.25) is 5.91 Å². The Kier molecular flexibility index (Phi) is 5.05. The van der Waals surface area contributed by atoms with E-state index in [1.807, 2.05) is 30.5 Å². The van der Waals surface area contributed by atoms with E-state index in [1.165, 1.54) is 12.8 Å². The minimum Gasteiger partial charge on any atom is -0.361 e. The molecule has 0 spiro atoms. The molecule has 0 radical (unpaired) electrons. The van der Waals surface area contributed by atoms with Crippen molar-refractivity contribution in [3.05, 3.63) is 64.5 Å². The van der Waals surface area contributed by atoms with Crippen LogP contribution in [0.15, 0.2) is 47.7 Å². The number of hydrogen-bond donors (Lipinski definition) is 2. The summed E-state index contributed by atoms with van der Waals surface area (Å²) in [7, 11) is 0. The molecule has 140 valence electrons. The molecule has 1 aliphatic carbocycles. The summed E-state index contributed by atoms with van der Waals surface area (Å²) in [5, 5.41) is 3.96. The van der Waals surface area contributed by atoms with Gasteiger partial charge in [-0.25, -0.2) is 4.98 Å². The van der Waals surface area contributed by atoms with Crippen LogP contribution in [0.5, 0.6) is 0 Å². The number of fused-ring (bicyclic) bond motifs is 1. The Morgan fingerprint density at radius 2 is 2.07 bits per heavy atom. The van der Waals surface area contributed by atoms with E-state index < -0.39 is 0 Å². The van der Waals surface area contributed by atoms with Gasteiger partial charge in [-0.3, -0.25) is 14.2 Å². The molecule has 1 fully saturated rings. The third kappa shape index (κ3) is 3.94. The number of benzene rings is 1. The van der Waals surface area contributed by atoms with E-state index >= 15 is 0 Å². The average Bonchev–Trinajstić information content (AvgIpc) is 3.34. The number of para-hydroxylation sites is 1. The third-order valence-electron chi connectivity index (χ3n) is 5.37. The summed E-state index contributed by atoms with van der Waals surface area (Å²) in [6.45, 7) is 0.835. The van der Waals surface area contributed by atoms with Crippen LogP contribution >= 0.6 is 0 Å². The molecule has 0 bridgehead atoms. The first kappa shape index (κ1) is 17.5. The molecule has 3 aromatic rings. The van der Waals surface area contributed by atoms with Crippen molar-refractivity contribution in [3.8, 4) is 0 Å². The van der Waals surface area contributed by atoms with Crippen LogP contribution in [0.4, 0.5) is 0 Å². The standard InChI is InChI=1S/C21H24N4O2/c26-20(11-16-13-23-18-8-4-3-7-17(16)18)22-9-10-25-14-24-19(12-21(25)27)15-5-1-2-6-15/h3-4,7-8,12-15,23H,1-2,5-6,9-11H2,(H,22,26). The molecule has 1 aromatic carbocycles. The van der Waals surface area contributed by atoms with Crippen LogP contribution in [0, 0.1) is 0 Å². The summed E-state index contributed by atoms with van der Waals surface area (Å²) in [5.74, 6) is 0.381. The molecular weight excluding hydrogens is 340 g/mol. The van der Waals surface area contributed by atoms with Gasteiger partial charge in [0.05, 0.1) is 18.4 Å². The normalized spacial score (nSPS) is 14.7. The monoisotopic (exact) mass is 364 g/mol. The Morgan fingerprint density at radius 3 is 2.89 bits per heavy atom. The number of nitrogens with zero attached hydrogens (tertiary/aromatic N) is 2. The molecule has 1 saturated carbocycles. The maximum Gasteiger partial charge on any atom is 0.253 e. The lowest BCUT2D eigenvalue weighted by Gasteiger charge is -2.11. The molecule has 2 aromatic heterocycles. The number of aromatic amines is 1. The van der Waals surface area contributed by atoms with Gasteiger partial charge >= 0.3 is 0 Å². The van der Waals surface area contributed by atoms with Gasteiger partial charge in [-0.05, 0) is 24.5 Å². The molecular formula is C21H24N4O2. The van der Waals surface area contributed by atoms with E-state index in [0.717, 1.165) is 35.0 Å². The molecule has 0 atom stereocenters. The first-order chi connectivity index (χ1) is 13.2. The van der Waals surface area contributed by atoms with Crippen LogP contribution in [0.1, 0.15) is 42.9 Å². The maximum absolute atomic E-state index is 12.3. The lowest BCUT2D eigenvalue weighted by molar-refractivity contribution is -0.120. The van der Waals surface area contributed by atoms with E-state index in [4.69, 9.17) is 0 Å². The lowest BCUT2D eigenvalue weighted by Crippen LogP contribution is -2.32. The van der Waals surface area contributed by atoms with Crippen molar-refractivity contribution in [1.82, 2.24) is 19.9 Å². The molecule has 0 aliphatic heterocycles. The predicted octanol–water partition coefficient (Wildman–Crippen LogP) is 2.74. The summed E-state index contributed by atoms with van der Waals surface area (Å²) in [6, 6.07) is 9.58. The smallest absolute Gasteiger partial charge is 0.253 e. The number of hydrogen-bond acceptors (Lipinski definition) is 3. The van der Waals surface area contributed by atoms with Crippen LogP contribution in [-0.2, 0) is 17.8 Å². The van der Waals surface area contributed by atoms with Gasteiger partial charge in [0.15, 0.2) is 0 Å². The van der Waals surface area contributed by atoms with Gasteiger partial charge in [0.1, 0.15) is 0 Å². The second-order valence-electron chi connectivity index (χ2n) is 7.21. The molecule has 0 saturated heterocycles. The second kappa shape index (κ2) is 7.78. The fourth-order valence-corrected chi connectivity index (χ4v) is 3.88. The van der Waals surface area contributed by atoms with Crippen molar-refractivity contribution in [2.45, 2.75) is 44.6 Å². The highest BCUT2D eigenvalue weighted by molar-refractivity contribution is 5.88. The fraction of sp³-hybridized carbons (Fsp3) is 0.381. The summed E-state index contributed by atoms with van der Waals surface area (Å²) >= 11 is 0. The van der Waals surface area contributed by atoms with Crippen molar-refractivity contribution < 1.29 is 4.79 Å². The Labute approximate surface area is 157 Å². The molecule has 1 amide bonds. The Morgan fingerprint density at radius 1 is 1.26 bits per heavy atom. The van der Waals surface area contributed by atoms with Gasteiger partial charge in [0.25, 0.3) is 5.56 Å². The van der Waals surface area contributed by atoms with E-state index in [9.17, 15) is 9.59 Å². The van der Waals surface area contributed by atoms with Crippen molar-refractivity contribution in [2.24, 2.45) is 0 Å². The van der Waals surface area contributed by atoms with Crippen LogP contribution in [-0.4, -0.2) is 27.0 Å². The van der Waals surface area contributed by atoms with Gasteiger partial charge in [-0.15, -0.1) is 0 Å². The minimum atomic E-state index is -0.0525. The molecule has 6 heteroatoms. The number of nitrogens with one attached hydrogen (secondary N) is 2. The first-order valence-corrected chi connectivity index (χ1v) is 9.59. The zero-order chi connectivity index (χ0) is 18.6. The fourth-order valence-electron chi connectivity index (χ4n) is 3.88. The predicted molar refractivity (Wildman–Crippen MR) is 105 cm³/mol. The number of carbonyl (C=O) groups excluding carboxylic acids is 1. The van der Waals surface area contributed by atoms with Gasteiger partial charge in [-0.1, -0.05) is 31.0 Å². The first-order valence-electron chi connectivity index (χ1n) is 9.59. The molecule has 0 unspecified atom stereocenters. The van der Waals surface area contributed by atoms with Crippen molar-refractivity contribution >= 4 is 16.8 Å². The topological polar surface area (TPSA) is 79.8 Å². The maximum atomic E-state index is 12.3. The highest BCUT2D eigenvalue weighted by Crippen LogP contribution is 2.32. The molecule has 4 rings (SSSR count). The summed E-state index contributed by atoms with van der Waals surface area (Å²) in [5.41, 5.74) is 2.87. The number of amides is 1. The Bertz CT molecular complexity index is 999. The molecule has 6 nitrogen and oxygen atoms in total. The molecule has 2 heterocycles. The number of carbonyl (C=O) groups is 1. The lowest BCUT2D eigenvalue weighted by atomic mass is 10.0. The highest BCUT2D eigenvalue weighted by atomic mass is 16.1. The minimum absolute atomic E-state index is 0.0437. The van der Waals surface area contributed by atoms with E-state index in [0.29, 0.717) is 25.4 Å². The second-order valence-corrected chi connectivity index (χ2v) is 7.21. The van der Waals surface area contributed by atoms with Crippen LogP contribution < -0.4 is 10.9 Å². The van der Waals surface area contributed by atoms with Crippen LogP contribution in [0.3, 0.4) is 0 Å². The van der Waals surface area contributed by atoms with Crippen LogP contribution in [0.2, 0.25) is 0 Å². The van der Waals surface area contributed by atoms with E-state index in [1.54, 1.807) is 17.0 Å².